The van der Waals surface area contributed by atoms with Gasteiger partial charge in [-0.25, -0.2) is 0 Å². The van der Waals surface area contributed by atoms with Crippen molar-refractivity contribution in [1.29, 1.82) is 0 Å². The third-order valence-electron chi connectivity index (χ3n) is 2.81. The standard InChI is InChI=1S/C10H17N3O3/c1-3-7(8(11)14)13-6-5-12(4-2)9(15)10(13)16/h7H,3-6H2,1-2H3,(H2,11,14). The molecular formula is C10H17N3O3. The van der Waals surface area contributed by atoms with E-state index in [1.54, 1.807) is 6.92 Å². The van der Waals surface area contributed by atoms with Gasteiger partial charge in [0.15, 0.2) is 0 Å². The number of carbonyl (C=O) groups excluding carboxylic acids is 3. The summed E-state index contributed by atoms with van der Waals surface area (Å²) >= 11 is 0. The highest BCUT2D eigenvalue weighted by Gasteiger charge is 2.36. The maximum absolute atomic E-state index is 11.7. The summed E-state index contributed by atoms with van der Waals surface area (Å²) in [6, 6.07) is -0.671. The average molecular weight is 227 g/mol. The molecule has 1 aliphatic rings. The fourth-order valence-corrected chi connectivity index (χ4v) is 1.86. The summed E-state index contributed by atoms with van der Waals surface area (Å²) in [5.74, 6) is -1.74. The Morgan fingerprint density at radius 2 is 1.94 bits per heavy atom. The highest BCUT2D eigenvalue weighted by atomic mass is 16.2. The van der Waals surface area contributed by atoms with Crippen LogP contribution in [-0.4, -0.2) is 53.2 Å². The normalized spacial score (nSPS) is 18.9. The van der Waals surface area contributed by atoms with Crippen molar-refractivity contribution < 1.29 is 14.4 Å². The Kier molecular flexibility index (Phi) is 3.87. The molecular weight excluding hydrogens is 210 g/mol. The van der Waals surface area contributed by atoms with Crippen LogP contribution >= 0.6 is 0 Å². The van der Waals surface area contributed by atoms with Crippen molar-refractivity contribution in [1.82, 2.24) is 9.80 Å². The third kappa shape index (κ3) is 2.15. The zero-order valence-electron chi connectivity index (χ0n) is 9.60. The maximum atomic E-state index is 11.7. The average Bonchev–Trinajstić information content (AvgIpc) is 2.25. The van der Waals surface area contributed by atoms with Crippen LogP contribution in [0.1, 0.15) is 20.3 Å². The number of hydrogen-bond acceptors (Lipinski definition) is 3. The first-order chi connectivity index (χ1) is 7.52. The second-order valence-electron chi connectivity index (χ2n) is 3.71. The van der Waals surface area contributed by atoms with Crippen LogP contribution in [0, 0.1) is 0 Å². The van der Waals surface area contributed by atoms with E-state index in [2.05, 4.69) is 0 Å². The van der Waals surface area contributed by atoms with E-state index in [0.717, 1.165) is 0 Å². The van der Waals surface area contributed by atoms with Crippen LogP contribution < -0.4 is 5.73 Å². The molecule has 0 radical (unpaired) electrons. The summed E-state index contributed by atoms with van der Waals surface area (Å²) in [7, 11) is 0. The Bertz CT molecular complexity index is 316. The van der Waals surface area contributed by atoms with E-state index in [4.69, 9.17) is 5.73 Å². The number of nitrogens with zero attached hydrogens (tertiary/aromatic N) is 2. The van der Waals surface area contributed by atoms with Crippen LogP contribution in [0.4, 0.5) is 0 Å². The van der Waals surface area contributed by atoms with Gasteiger partial charge in [-0.1, -0.05) is 6.92 Å². The molecule has 1 rings (SSSR count). The summed E-state index contributed by atoms with van der Waals surface area (Å²) in [6.07, 6.45) is 0.431. The summed E-state index contributed by atoms with van der Waals surface area (Å²) in [5, 5.41) is 0. The number of nitrogens with two attached hydrogens (primary N) is 1. The van der Waals surface area contributed by atoms with Crippen LogP contribution in [0.3, 0.4) is 0 Å². The van der Waals surface area contributed by atoms with Crippen LogP contribution in [0.25, 0.3) is 0 Å². The fraction of sp³-hybridized carbons (Fsp3) is 0.700. The molecule has 1 fully saturated rings. The summed E-state index contributed by atoms with van der Waals surface area (Å²) < 4.78 is 0. The molecule has 2 N–H and O–H groups in total. The lowest BCUT2D eigenvalue weighted by atomic mass is 10.1. The van der Waals surface area contributed by atoms with E-state index in [1.165, 1.54) is 9.80 Å². The predicted octanol–water partition coefficient (Wildman–Crippen LogP) is -1.06. The number of hydrogen-bond donors (Lipinski definition) is 1. The molecule has 90 valence electrons. The van der Waals surface area contributed by atoms with Gasteiger partial charge in [0.25, 0.3) is 0 Å². The van der Waals surface area contributed by atoms with Crippen LogP contribution in [0.2, 0.25) is 0 Å². The Balaban J connectivity index is 2.82. The van der Waals surface area contributed by atoms with Crippen molar-refractivity contribution in [2.75, 3.05) is 19.6 Å². The number of rotatable bonds is 4. The highest BCUT2D eigenvalue weighted by molar-refractivity contribution is 6.35. The molecule has 3 amide bonds. The lowest BCUT2D eigenvalue weighted by Gasteiger charge is -2.36. The quantitative estimate of drug-likeness (QED) is 0.621. The number of amides is 3. The van der Waals surface area contributed by atoms with E-state index >= 15 is 0 Å². The topological polar surface area (TPSA) is 83.7 Å². The Morgan fingerprint density at radius 1 is 1.31 bits per heavy atom. The van der Waals surface area contributed by atoms with Gasteiger partial charge in [-0.2, -0.15) is 0 Å². The van der Waals surface area contributed by atoms with Gasteiger partial charge < -0.3 is 15.5 Å². The molecule has 1 unspecified atom stereocenters. The third-order valence-corrected chi connectivity index (χ3v) is 2.81. The van der Waals surface area contributed by atoms with Gasteiger partial charge in [0.05, 0.1) is 0 Å². The van der Waals surface area contributed by atoms with Crippen LogP contribution in [0.5, 0.6) is 0 Å². The Hall–Kier alpha value is -1.59. The minimum atomic E-state index is -0.671. The largest absolute Gasteiger partial charge is 0.368 e. The van der Waals surface area contributed by atoms with Gasteiger partial charge >= 0.3 is 11.8 Å². The smallest absolute Gasteiger partial charge is 0.312 e. The van der Waals surface area contributed by atoms with Gasteiger partial charge in [0, 0.05) is 19.6 Å². The van der Waals surface area contributed by atoms with Crippen molar-refractivity contribution in [2.24, 2.45) is 5.73 Å². The number of piperazine rings is 1. The first-order valence-corrected chi connectivity index (χ1v) is 5.42. The van der Waals surface area contributed by atoms with Crippen molar-refractivity contribution in [3.63, 3.8) is 0 Å². The molecule has 0 spiro atoms. The van der Waals surface area contributed by atoms with Crippen molar-refractivity contribution in [3.8, 4) is 0 Å². The van der Waals surface area contributed by atoms with Gasteiger partial charge in [0.2, 0.25) is 5.91 Å². The minimum Gasteiger partial charge on any atom is -0.368 e. The molecule has 0 saturated carbocycles. The number of likely N-dealkylation sites (N-methyl/N-ethyl adjacent to an activating group) is 1. The Labute approximate surface area is 94.4 Å². The fourth-order valence-electron chi connectivity index (χ4n) is 1.86. The second kappa shape index (κ2) is 4.96. The zero-order chi connectivity index (χ0) is 12.3. The predicted molar refractivity (Wildman–Crippen MR) is 57.2 cm³/mol. The molecule has 1 aliphatic heterocycles. The monoisotopic (exact) mass is 227 g/mol. The summed E-state index contributed by atoms with van der Waals surface area (Å²) in [6.45, 7) is 4.92. The van der Waals surface area contributed by atoms with Gasteiger partial charge in [-0.05, 0) is 13.3 Å². The molecule has 1 saturated heterocycles. The van der Waals surface area contributed by atoms with Crippen molar-refractivity contribution in [3.05, 3.63) is 0 Å². The molecule has 0 aromatic rings. The lowest BCUT2D eigenvalue weighted by molar-refractivity contribution is -0.158. The maximum Gasteiger partial charge on any atom is 0.312 e. The summed E-state index contributed by atoms with van der Waals surface area (Å²) in [5.41, 5.74) is 5.20. The van der Waals surface area contributed by atoms with E-state index in [1.807, 2.05) is 6.92 Å². The minimum absolute atomic E-state index is 0.375. The van der Waals surface area contributed by atoms with E-state index in [9.17, 15) is 14.4 Å². The van der Waals surface area contributed by atoms with E-state index in [0.29, 0.717) is 26.1 Å². The lowest BCUT2D eigenvalue weighted by Crippen LogP contribution is -2.59. The molecule has 1 heterocycles. The number of carbonyl (C=O) groups is 3. The first-order valence-electron chi connectivity index (χ1n) is 5.42. The molecule has 0 aromatic carbocycles. The van der Waals surface area contributed by atoms with Gasteiger partial charge in [-0.15, -0.1) is 0 Å². The first kappa shape index (κ1) is 12.5. The van der Waals surface area contributed by atoms with E-state index in [-0.39, 0.29) is 0 Å². The Morgan fingerprint density at radius 3 is 2.38 bits per heavy atom. The van der Waals surface area contributed by atoms with Gasteiger partial charge in [0.1, 0.15) is 6.04 Å². The second-order valence-corrected chi connectivity index (χ2v) is 3.71. The van der Waals surface area contributed by atoms with Gasteiger partial charge in [-0.3, -0.25) is 14.4 Å². The molecule has 0 aliphatic carbocycles. The van der Waals surface area contributed by atoms with E-state index < -0.39 is 23.8 Å². The SMILES string of the molecule is CCC(C(N)=O)N1CCN(CC)C(=O)C1=O. The molecule has 0 bridgehead atoms. The molecule has 16 heavy (non-hydrogen) atoms. The molecule has 1 atom stereocenters. The van der Waals surface area contributed by atoms with Crippen LogP contribution in [-0.2, 0) is 14.4 Å². The summed E-state index contributed by atoms with van der Waals surface area (Å²) in [4.78, 5) is 37.2. The van der Waals surface area contributed by atoms with Crippen molar-refractivity contribution in [2.45, 2.75) is 26.3 Å². The highest BCUT2D eigenvalue weighted by Crippen LogP contribution is 2.11. The zero-order valence-corrected chi connectivity index (χ0v) is 9.60. The van der Waals surface area contributed by atoms with Crippen LogP contribution in [0.15, 0.2) is 0 Å². The molecule has 0 aromatic heterocycles. The molecule has 6 heteroatoms. The van der Waals surface area contributed by atoms with Crippen molar-refractivity contribution >= 4 is 17.7 Å². The molecule has 6 nitrogen and oxygen atoms in total. The number of primary amides is 1.